The highest BCUT2D eigenvalue weighted by molar-refractivity contribution is 7.09. The molecular weight excluding hydrogens is 254 g/mol. The molecule has 0 amide bonds. The van der Waals surface area contributed by atoms with Crippen molar-refractivity contribution in [1.29, 1.82) is 0 Å². The number of thiazole rings is 1. The number of benzene rings is 1. The number of fused-ring (bicyclic) bond motifs is 1. The maximum absolute atomic E-state index is 4.58. The van der Waals surface area contributed by atoms with E-state index in [0.717, 1.165) is 30.0 Å². The molecular formula is C15H15N3S. The van der Waals surface area contributed by atoms with Crippen LogP contribution in [-0.4, -0.2) is 16.5 Å². The minimum atomic E-state index is 0.859. The highest BCUT2D eigenvalue weighted by Gasteiger charge is 2.00. The first-order valence-corrected chi connectivity index (χ1v) is 7.20. The first-order valence-electron chi connectivity index (χ1n) is 6.32. The molecule has 4 heteroatoms. The van der Waals surface area contributed by atoms with E-state index in [-0.39, 0.29) is 0 Å². The molecule has 2 aromatic heterocycles. The summed E-state index contributed by atoms with van der Waals surface area (Å²) in [6.07, 6.45) is 0.938. The van der Waals surface area contributed by atoms with E-state index in [0.29, 0.717) is 0 Å². The Balaban J connectivity index is 1.65. The van der Waals surface area contributed by atoms with Crippen LogP contribution in [0.25, 0.3) is 10.9 Å². The van der Waals surface area contributed by atoms with Gasteiger partial charge in [-0.2, -0.15) is 0 Å². The Kier molecular flexibility index (Phi) is 3.42. The molecule has 96 valence electrons. The van der Waals surface area contributed by atoms with E-state index in [1.807, 2.05) is 31.2 Å². The standard InChI is InChI=1S/C15H15N3S/c1-11-10-19-15(17-11)8-9-16-14-7-6-12-4-2-3-5-13(12)18-14/h2-7,10H,8-9H2,1H3,(H,16,18). The van der Waals surface area contributed by atoms with Crippen molar-refractivity contribution in [2.45, 2.75) is 13.3 Å². The van der Waals surface area contributed by atoms with Crippen LogP contribution in [0.3, 0.4) is 0 Å². The zero-order valence-electron chi connectivity index (χ0n) is 10.8. The number of rotatable bonds is 4. The zero-order chi connectivity index (χ0) is 13.1. The fraction of sp³-hybridized carbons (Fsp3) is 0.200. The number of anilines is 1. The molecule has 3 nitrogen and oxygen atoms in total. The highest BCUT2D eigenvalue weighted by Crippen LogP contribution is 2.15. The summed E-state index contributed by atoms with van der Waals surface area (Å²) in [5.41, 5.74) is 2.13. The number of para-hydroxylation sites is 1. The Hall–Kier alpha value is -1.94. The molecule has 0 bridgehead atoms. The van der Waals surface area contributed by atoms with E-state index >= 15 is 0 Å². The molecule has 0 unspecified atom stereocenters. The topological polar surface area (TPSA) is 37.8 Å². The smallest absolute Gasteiger partial charge is 0.126 e. The van der Waals surface area contributed by atoms with Crippen LogP contribution in [0.2, 0.25) is 0 Å². The third-order valence-corrected chi connectivity index (χ3v) is 3.94. The summed E-state index contributed by atoms with van der Waals surface area (Å²) >= 11 is 1.72. The maximum Gasteiger partial charge on any atom is 0.126 e. The maximum atomic E-state index is 4.58. The summed E-state index contributed by atoms with van der Waals surface area (Å²) in [4.78, 5) is 9.03. The Morgan fingerprint density at radius 1 is 1.11 bits per heavy atom. The molecule has 0 aliphatic heterocycles. The van der Waals surface area contributed by atoms with Crippen molar-refractivity contribution >= 4 is 28.1 Å². The molecule has 3 aromatic rings. The van der Waals surface area contributed by atoms with Crippen molar-refractivity contribution in [3.05, 3.63) is 52.5 Å². The largest absolute Gasteiger partial charge is 0.370 e. The molecule has 2 heterocycles. The minimum Gasteiger partial charge on any atom is -0.370 e. The molecule has 0 radical (unpaired) electrons. The molecule has 0 aliphatic rings. The highest BCUT2D eigenvalue weighted by atomic mass is 32.1. The van der Waals surface area contributed by atoms with Crippen molar-refractivity contribution in [3.63, 3.8) is 0 Å². The molecule has 0 spiro atoms. The average molecular weight is 269 g/mol. The van der Waals surface area contributed by atoms with E-state index in [9.17, 15) is 0 Å². The van der Waals surface area contributed by atoms with Crippen LogP contribution in [0.4, 0.5) is 5.82 Å². The number of nitrogens with zero attached hydrogens (tertiary/aromatic N) is 2. The summed E-state index contributed by atoms with van der Waals surface area (Å²) < 4.78 is 0. The van der Waals surface area contributed by atoms with Gasteiger partial charge in [0.25, 0.3) is 0 Å². The predicted octanol–water partition coefficient (Wildman–Crippen LogP) is 3.65. The lowest BCUT2D eigenvalue weighted by molar-refractivity contribution is 0.980. The first kappa shape index (κ1) is 12.1. The van der Waals surface area contributed by atoms with E-state index < -0.39 is 0 Å². The van der Waals surface area contributed by atoms with Crippen molar-refractivity contribution in [1.82, 2.24) is 9.97 Å². The molecule has 0 fully saturated rings. The van der Waals surface area contributed by atoms with E-state index in [2.05, 4.69) is 32.8 Å². The predicted molar refractivity (Wildman–Crippen MR) is 80.8 cm³/mol. The SMILES string of the molecule is Cc1csc(CCNc2ccc3ccccc3n2)n1. The van der Waals surface area contributed by atoms with Crippen LogP contribution in [0.15, 0.2) is 41.8 Å². The van der Waals surface area contributed by atoms with E-state index in [4.69, 9.17) is 0 Å². The number of hydrogen-bond acceptors (Lipinski definition) is 4. The van der Waals surface area contributed by atoms with Crippen LogP contribution in [0.1, 0.15) is 10.7 Å². The van der Waals surface area contributed by atoms with Gasteiger partial charge >= 0.3 is 0 Å². The second-order valence-electron chi connectivity index (χ2n) is 4.45. The number of aryl methyl sites for hydroxylation is 1. The van der Waals surface area contributed by atoms with Gasteiger partial charge in [0.05, 0.1) is 10.5 Å². The summed E-state index contributed by atoms with van der Waals surface area (Å²) in [6.45, 7) is 2.89. The van der Waals surface area contributed by atoms with Gasteiger partial charge in [0, 0.05) is 29.4 Å². The van der Waals surface area contributed by atoms with Gasteiger partial charge < -0.3 is 5.32 Å². The summed E-state index contributed by atoms with van der Waals surface area (Å²) in [5.74, 6) is 0.923. The van der Waals surface area contributed by atoms with Crippen LogP contribution in [-0.2, 0) is 6.42 Å². The molecule has 3 rings (SSSR count). The Morgan fingerprint density at radius 3 is 2.84 bits per heavy atom. The van der Waals surface area contributed by atoms with Gasteiger partial charge in [0.15, 0.2) is 0 Å². The summed E-state index contributed by atoms with van der Waals surface area (Å²) in [5, 5.41) is 7.78. The third kappa shape index (κ3) is 2.90. The van der Waals surface area contributed by atoms with Crippen LogP contribution >= 0.6 is 11.3 Å². The lowest BCUT2D eigenvalue weighted by Crippen LogP contribution is -2.06. The molecule has 19 heavy (non-hydrogen) atoms. The number of hydrogen-bond donors (Lipinski definition) is 1. The lowest BCUT2D eigenvalue weighted by atomic mass is 10.2. The zero-order valence-corrected chi connectivity index (χ0v) is 11.6. The van der Waals surface area contributed by atoms with E-state index in [1.165, 1.54) is 10.4 Å². The van der Waals surface area contributed by atoms with Crippen LogP contribution in [0, 0.1) is 6.92 Å². The van der Waals surface area contributed by atoms with Gasteiger partial charge in [-0.1, -0.05) is 18.2 Å². The molecule has 0 atom stereocenters. The summed E-state index contributed by atoms with van der Waals surface area (Å²) in [6, 6.07) is 12.3. The molecule has 1 N–H and O–H groups in total. The average Bonchev–Trinajstić information content (AvgIpc) is 2.84. The van der Waals surface area contributed by atoms with Crippen LogP contribution in [0.5, 0.6) is 0 Å². The van der Waals surface area contributed by atoms with Crippen molar-refractivity contribution < 1.29 is 0 Å². The fourth-order valence-electron chi connectivity index (χ4n) is 1.98. The monoisotopic (exact) mass is 269 g/mol. The second kappa shape index (κ2) is 5.36. The normalized spacial score (nSPS) is 10.8. The van der Waals surface area contributed by atoms with E-state index in [1.54, 1.807) is 11.3 Å². The lowest BCUT2D eigenvalue weighted by Gasteiger charge is -2.05. The van der Waals surface area contributed by atoms with Crippen molar-refractivity contribution in [3.8, 4) is 0 Å². The van der Waals surface area contributed by atoms with Crippen molar-refractivity contribution in [2.24, 2.45) is 0 Å². The number of aromatic nitrogens is 2. The molecule has 0 aliphatic carbocycles. The second-order valence-corrected chi connectivity index (χ2v) is 5.39. The summed E-state index contributed by atoms with van der Waals surface area (Å²) in [7, 11) is 0. The Labute approximate surface area is 116 Å². The van der Waals surface area contributed by atoms with Crippen LogP contribution < -0.4 is 5.32 Å². The number of pyridine rings is 1. The molecule has 0 saturated heterocycles. The number of nitrogens with one attached hydrogen (secondary N) is 1. The molecule has 0 saturated carbocycles. The van der Waals surface area contributed by atoms with Gasteiger partial charge in [-0.15, -0.1) is 11.3 Å². The first-order chi connectivity index (χ1) is 9.31. The van der Waals surface area contributed by atoms with Gasteiger partial charge in [0.2, 0.25) is 0 Å². The van der Waals surface area contributed by atoms with Gasteiger partial charge in [-0.25, -0.2) is 9.97 Å². The Morgan fingerprint density at radius 2 is 2.00 bits per heavy atom. The fourth-order valence-corrected chi connectivity index (χ4v) is 2.76. The van der Waals surface area contributed by atoms with Gasteiger partial charge in [-0.3, -0.25) is 0 Å². The minimum absolute atomic E-state index is 0.859. The quantitative estimate of drug-likeness (QED) is 0.785. The Bertz CT molecular complexity index is 690. The van der Waals surface area contributed by atoms with Gasteiger partial charge in [0.1, 0.15) is 5.82 Å². The van der Waals surface area contributed by atoms with Gasteiger partial charge in [-0.05, 0) is 25.1 Å². The molecule has 1 aromatic carbocycles. The van der Waals surface area contributed by atoms with Crippen molar-refractivity contribution in [2.75, 3.05) is 11.9 Å². The third-order valence-electron chi connectivity index (χ3n) is 2.91.